The zero-order chi connectivity index (χ0) is 23.9. The average molecular weight is 486 g/mol. The quantitative estimate of drug-likeness (QED) is 0.341. The van der Waals surface area contributed by atoms with Gasteiger partial charge in [-0.2, -0.15) is 5.10 Å². The summed E-state index contributed by atoms with van der Waals surface area (Å²) in [6, 6.07) is 9.53. The first-order valence-electron chi connectivity index (χ1n) is 10.6. The van der Waals surface area contributed by atoms with Gasteiger partial charge in [-0.05, 0) is 30.3 Å². The van der Waals surface area contributed by atoms with E-state index in [0.717, 1.165) is 27.4 Å². The Morgan fingerprint density at radius 1 is 0.971 bits per heavy atom. The molecular formula is C24H27N3O6S. The van der Waals surface area contributed by atoms with Gasteiger partial charge in [0.2, 0.25) is 10.6 Å². The van der Waals surface area contributed by atoms with Crippen molar-refractivity contribution < 1.29 is 28.4 Å². The fourth-order valence-electron chi connectivity index (χ4n) is 3.50. The van der Waals surface area contributed by atoms with Crippen LogP contribution < -0.4 is 28.5 Å². The molecule has 0 spiro atoms. The van der Waals surface area contributed by atoms with Crippen LogP contribution in [0.2, 0.25) is 0 Å². The highest BCUT2D eigenvalue weighted by atomic mass is 32.1. The largest absolute Gasteiger partial charge is 0.493 e. The molecule has 1 aliphatic heterocycles. The van der Waals surface area contributed by atoms with Crippen LogP contribution in [0.4, 0.5) is 0 Å². The Balaban J connectivity index is 1.78. The third-order valence-electron chi connectivity index (χ3n) is 5.11. The monoisotopic (exact) mass is 485 g/mol. The number of ether oxygens (including phenoxy) is 6. The third kappa shape index (κ3) is 4.87. The van der Waals surface area contributed by atoms with Gasteiger partial charge in [-0.15, -0.1) is 11.3 Å². The van der Waals surface area contributed by atoms with Gasteiger partial charge >= 0.3 is 0 Å². The fraction of sp³-hybridized carbons (Fsp3) is 0.333. The zero-order valence-electron chi connectivity index (χ0n) is 19.6. The maximum atomic E-state index is 5.77. The van der Waals surface area contributed by atoms with Crippen molar-refractivity contribution in [2.24, 2.45) is 10.1 Å². The van der Waals surface area contributed by atoms with Gasteiger partial charge in [0.25, 0.3) is 0 Å². The molecule has 1 aromatic heterocycles. The van der Waals surface area contributed by atoms with Crippen LogP contribution in [0.3, 0.4) is 0 Å². The Labute approximate surface area is 201 Å². The highest BCUT2D eigenvalue weighted by Crippen LogP contribution is 2.39. The number of thiazole rings is 1. The molecule has 0 amide bonds. The lowest BCUT2D eigenvalue weighted by atomic mass is 10.1. The van der Waals surface area contributed by atoms with Gasteiger partial charge in [-0.3, -0.25) is 4.99 Å². The van der Waals surface area contributed by atoms with Gasteiger partial charge < -0.3 is 28.4 Å². The molecule has 2 aromatic carbocycles. The number of rotatable bonds is 9. The Kier molecular flexibility index (Phi) is 7.71. The third-order valence-corrected chi connectivity index (χ3v) is 5.97. The number of hydrogen-bond donors (Lipinski definition) is 0. The lowest BCUT2D eigenvalue weighted by Gasteiger charge is -2.18. The molecule has 0 fully saturated rings. The summed E-state index contributed by atoms with van der Waals surface area (Å²) >= 11 is 1.50. The molecule has 0 aliphatic carbocycles. The van der Waals surface area contributed by atoms with Crippen LogP contribution in [0.5, 0.6) is 28.7 Å². The predicted octanol–water partition coefficient (Wildman–Crippen LogP) is 3.44. The van der Waals surface area contributed by atoms with Crippen LogP contribution in [0, 0.1) is 0 Å². The smallest absolute Gasteiger partial charge is 0.206 e. The van der Waals surface area contributed by atoms with Gasteiger partial charge in [0, 0.05) is 23.6 Å². The van der Waals surface area contributed by atoms with Crippen molar-refractivity contribution in [1.82, 2.24) is 4.68 Å². The second kappa shape index (κ2) is 11.1. The number of nitrogens with zero attached hydrogens (tertiary/aromatic N) is 3. The van der Waals surface area contributed by atoms with Crippen LogP contribution in [0.25, 0.3) is 11.3 Å². The van der Waals surface area contributed by atoms with E-state index in [1.165, 1.54) is 11.3 Å². The highest BCUT2D eigenvalue weighted by molar-refractivity contribution is 7.07. The number of fused-ring (bicyclic) bond motifs is 1. The predicted molar refractivity (Wildman–Crippen MR) is 130 cm³/mol. The van der Waals surface area contributed by atoms with E-state index in [4.69, 9.17) is 33.5 Å². The molecule has 3 aromatic rings. The Hall–Kier alpha value is -3.50. The second-order valence-corrected chi connectivity index (χ2v) is 7.95. The molecule has 0 bridgehead atoms. The number of benzene rings is 2. The molecule has 0 N–H and O–H groups in total. The molecule has 0 atom stereocenters. The van der Waals surface area contributed by atoms with Gasteiger partial charge in [-0.25, -0.2) is 4.68 Å². The molecule has 180 valence electrons. The summed E-state index contributed by atoms with van der Waals surface area (Å²) in [4.78, 5) is 5.39. The van der Waals surface area contributed by atoms with Crippen LogP contribution in [-0.2, 0) is 4.74 Å². The normalized spacial score (nSPS) is 13.4. The van der Waals surface area contributed by atoms with Crippen molar-refractivity contribution in [3.05, 3.63) is 46.1 Å². The van der Waals surface area contributed by atoms with Crippen molar-refractivity contribution in [3.63, 3.8) is 0 Å². The molecule has 34 heavy (non-hydrogen) atoms. The summed E-state index contributed by atoms with van der Waals surface area (Å²) in [5.41, 5.74) is 2.54. The summed E-state index contributed by atoms with van der Waals surface area (Å²) in [5.74, 6) is 3.05. The minimum atomic E-state index is 0.501. The van der Waals surface area contributed by atoms with E-state index in [1.807, 2.05) is 35.7 Å². The van der Waals surface area contributed by atoms with Crippen LogP contribution in [0.15, 0.2) is 45.8 Å². The van der Waals surface area contributed by atoms with E-state index in [0.29, 0.717) is 49.4 Å². The molecule has 0 radical (unpaired) electrons. The van der Waals surface area contributed by atoms with Crippen LogP contribution in [0.1, 0.15) is 5.56 Å². The summed E-state index contributed by atoms with van der Waals surface area (Å²) in [6.07, 6.45) is 1.71. The van der Waals surface area contributed by atoms with Gasteiger partial charge in [-0.1, -0.05) is 0 Å². The molecule has 10 heteroatoms. The molecular weight excluding hydrogens is 458 g/mol. The molecule has 2 heterocycles. The highest BCUT2D eigenvalue weighted by Gasteiger charge is 2.17. The first-order chi connectivity index (χ1) is 16.7. The molecule has 0 saturated carbocycles. The maximum Gasteiger partial charge on any atom is 0.206 e. The standard InChI is InChI=1S/C24H27N3O6S/c1-28-10-9-25-24-27(26-14-17-6-8-20(29-2)23(31-4)22(17)30-3)18(15-34-24)16-5-7-19-21(13-16)33-12-11-32-19/h5-8,13-15H,9-12H2,1-4H3/b25-24?,26-14+. The van der Waals surface area contributed by atoms with E-state index in [2.05, 4.69) is 4.99 Å². The molecule has 9 nitrogen and oxygen atoms in total. The van der Waals surface area contributed by atoms with Gasteiger partial charge in [0.15, 0.2) is 23.0 Å². The second-order valence-electron chi connectivity index (χ2n) is 7.12. The number of aromatic nitrogens is 1. The SMILES string of the molecule is COCCN=c1scc(-c2ccc3c(c2)OCCO3)n1/N=C/c1ccc(OC)c(OC)c1OC. The van der Waals surface area contributed by atoms with E-state index >= 15 is 0 Å². The maximum absolute atomic E-state index is 5.77. The Morgan fingerprint density at radius 2 is 1.76 bits per heavy atom. The van der Waals surface area contributed by atoms with E-state index in [1.54, 1.807) is 39.3 Å². The summed E-state index contributed by atoms with van der Waals surface area (Å²) in [5, 5.41) is 6.78. The Morgan fingerprint density at radius 3 is 2.50 bits per heavy atom. The first-order valence-corrected chi connectivity index (χ1v) is 11.5. The molecule has 4 rings (SSSR count). The topological polar surface area (TPSA) is 85.0 Å². The van der Waals surface area contributed by atoms with Crippen LogP contribution >= 0.6 is 11.3 Å². The van der Waals surface area contributed by atoms with E-state index < -0.39 is 0 Å². The van der Waals surface area contributed by atoms with Crippen molar-refractivity contribution >= 4 is 17.6 Å². The van der Waals surface area contributed by atoms with Crippen molar-refractivity contribution in [3.8, 4) is 40.0 Å². The molecule has 0 unspecified atom stereocenters. The number of methoxy groups -OCH3 is 4. The van der Waals surface area contributed by atoms with Crippen molar-refractivity contribution in [2.75, 3.05) is 54.8 Å². The zero-order valence-corrected chi connectivity index (χ0v) is 20.4. The molecule has 0 saturated heterocycles. The van der Waals surface area contributed by atoms with Crippen LogP contribution in [-0.4, -0.2) is 65.7 Å². The lowest BCUT2D eigenvalue weighted by molar-refractivity contribution is 0.171. The summed E-state index contributed by atoms with van der Waals surface area (Å²) in [6.45, 7) is 2.11. The van der Waals surface area contributed by atoms with Gasteiger partial charge in [0.1, 0.15) is 13.2 Å². The van der Waals surface area contributed by atoms with E-state index in [9.17, 15) is 0 Å². The van der Waals surface area contributed by atoms with Crippen molar-refractivity contribution in [2.45, 2.75) is 0 Å². The first kappa shape index (κ1) is 23.7. The molecule has 1 aliphatic rings. The number of hydrogen-bond acceptors (Lipinski definition) is 9. The summed E-state index contributed by atoms with van der Waals surface area (Å²) < 4.78 is 34.8. The average Bonchev–Trinajstić information content (AvgIpc) is 3.29. The summed E-state index contributed by atoms with van der Waals surface area (Å²) in [7, 11) is 6.39. The lowest BCUT2D eigenvalue weighted by Crippen LogP contribution is -2.16. The van der Waals surface area contributed by atoms with Crippen molar-refractivity contribution in [1.29, 1.82) is 0 Å². The van der Waals surface area contributed by atoms with Gasteiger partial charge in [0.05, 0.1) is 46.4 Å². The van der Waals surface area contributed by atoms with E-state index in [-0.39, 0.29) is 0 Å². The minimum Gasteiger partial charge on any atom is -0.493 e. The fourth-order valence-corrected chi connectivity index (χ4v) is 4.36. The Bertz CT molecular complexity index is 1230. The minimum absolute atomic E-state index is 0.501.